The molecule has 0 aromatic carbocycles. The molecule has 0 amide bonds. The van der Waals surface area contributed by atoms with Gasteiger partial charge in [-0.2, -0.15) is 0 Å². The number of nitrogens with two attached hydrogens (primary N) is 1. The van der Waals surface area contributed by atoms with Gasteiger partial charge in [0, 0.05) is 26.7 Å². The van der Waals surface area contributed by atoms with Crippen molar-refractivity contribution in [2.75, 3.05) is 66.3 Å². The lowest BCUT2D eigenvalue weighted by Crippen LogP contribution is -2.36. The first-order valence-corrected chi connectivity index (χ1v) is 6.05. The fourth-order valence-electron chi connectivity index (χ4n) is 1.33. The van der Waals surface area contributed by atoms with Crippen LogP contribution in [0, 0.1) is 0 Å². The van der Waals surface area contributed by atoms with Crippen LogP contribution in [0.1, 0.15) is 0 Å². The van der Waals surface area contributed by atoms with Crippen molar-refractivity contribution in [2.24, 2.45) is 5.73 Å². The van der Waals surface area contributed by atoms with Gasteiger partial charge in [-0.3, -0.25) is 4.90 Å². The maximum absolute atomic E-state index is 12.2. The van der Waals surface area contributed by atoms with Crippen molar-refractivity contribution in [3.05, 3.63) is 0 Å². The number of methoxy groups -OCH3 is 1. The van der Waals surface area contributed by atoms with Crippen LogP contribution in [0.5, 0.6) is 0 Å². The summed E-state index contributed by atoms with van der Waals surface area (Å²) in [7, 11) is 1.61. The molecule has 0 saturated heterocycles. The number of ether oxygens (including phenoxy) is 3. The molecule has 0 aromatic heterocycles. The van der Waals surface area contributed by atoms with E-state index in [1.165, 1.54) is 0 Å². The van der Waals surface area contributed by atoms with Crippen molar-refractivity contribution < 1.29 is 23.0 Å². The summed E-state index contributed by atoms with van der Waals surface area (Å²) in [4.78, 5) is 1.59. The summed E-state index contributed by atoms with van der Waals surface area (Å²) in [6, 6.07) is 0. The molecule has 0 radical (unpaired) electrons. The minimum Gasteiger partial charge on any atom is -0.382 e. The zero-order chi connectivity index (χ0) is 13.6. The number of hydrogen-bond acceptors (Lipinski definition) is 5. The molecule has 0 atom stereocenters. The number of rotatable bonds is 13. The van der Waals surface area contributed by atoms with E-state index in [4.69, 9.17) is 19.9 Å². The highest BCUT2D eigenvalue weighted by Crippen LogP contribution is 1.97. The van der Waals surface area contributed by atoms with E-state index in [9.17, 15) is 8.78 Å². The van der Waals surface area contributed by atoms with Crippen LogP contribution >= 0.6 is 0 Å². The Morgan fingerprint density at radius 3 is 2.17 bits per heavy atom. The Balaban J connectivity index is 3.37. The Labute approximate surface area is 107 Å². The quantitative estimate of drug-likeness (QED) is 0.484. The van der Waals surface area contributed by atoms with Crippen molar-refractivity contribution in [1.82, 2.24) is 4.90 Å². The second-order valence-electron chi connectivity index (χ2n) is 3.70. The van der Waals surface area contributed by atoms with Crippen LogP contribution in [0.15, 0.2) is 0 Å². The average Bonchev–Trinajstić information content (AvgIpc) is 2.32. The molecule has 0 heterocycles. The Kier molecular flexibility index (Phi) is 12.9. The molecule has 0 rings (SSSR count). The fraction of sp³-hybridized carbons (Fsp3) is 1.00. The van der Waals surface area contributed by atoms with E-state index in [2.05, 4.69) is 0 Å². The van der Waals surface area contributed by atoms with Gasteiger partial charge in [-0.25, -0.2) is 8.78 Å². The smallest absolute Gasteiger partial charge is 0.251 e. The maximum atomic E-state index is 12.2. The third-order valence-corrected chi connectivity index (χ3v) is 2.20. The first-order chi connectivity index (χ1) is 8.70. The number of alkyl halides is 2. The predicted molar refractivity (Wildman–Crippen MR) is 65.0 cm³/mol. The molecule has 7 heteroatoms. The standard InChI is InChI=1S/C11H24F2N2O3/c1-16-6-7-18-9-8-17-5-4-15(3-2-14)10-11(12)13/h11H,2-10,14H2,1H3. The lowest BCUT2D eigenvalue weighted by molar-refractivity contribution is 0.0144. The molecule has 0 aliphatic rings. The summed E-state index contributed by atoms with van der Waals surface area (Å²) in [6.07, 6.45) is -2.34. The molecule has 0 fully saturated rings. The third kappa shape index (κ3) is 12.1. The molecule has 0 unspecified atom stereocenters. The van der Waals surface area contributed by atoms with Gasteiger partial charge in [-0.15, -0.1) is 0 Å². The van der Waals surface area contributed by atoms with Crippen molar-refractivity contribution in [1.29, 1.82) is 0 Å². The van der Waals surface area contributed by atoms with Gasteiger partial charge in [0.15, 0.2) is 0 Å². The highest BCUT2D eigenvalue weighted by Gasteiger charge is 2.10. The molecule has 18 heavy (non-hydrogen) atoms. The van der Waals surface area contributed by atoms with Crippen molar-refractivity contribution in [2.45, 2.75) is 6.43 Å². The summed E-state index contributed by atoms with van der Waals surface area (Å²) in [5, 5.41) is 0. The van der Waals surface area contributed by atoms with Gasteiger partial charge >= 0.3 is 0 Å². The van der Waals surface area contributed by atoms with E-state index < -0.39 is 6.43 Å². The fourth-order valence-corrected chi connectivity index (χ4v) is 1.33. The van der Waals surface area contributed by atoms with Crippen molar-refractivity contribution in [3.63, 3.8) is 0 Å². The van der Waals surface area contributed by atoms with Crippen LogP contribution in [0.2, 0.25) is 0 Å². The molecule has 0 bridgehead atoms. The molecular formula is C11H24F2N2O3. The number of hydrogen-bond donors (Lipinski definition) is 1. The molecule has 0 aliphatic heterocycles. The Bertz CT molecular complexity index is 176. The van der Waals surface area contributed by atoms with Crippen LogP contribution < -0.4 is 5.73 Å². The normalized spacial score (nSPS) is 11.7. The highest BCUT2D eigenvalue weighted by atomic mass is 19.3. The van der Waals surface area contributed by atoms with E-state index in [-0.39, 0.29) is 6.54 Å². The van der Waals surface area contributed by atoms with Gasteiger partial charge in [-0.1, -0.05) is 0 Å². The van der Waals surface area contributed by atoms with Gasteiger partial charge in [0.2, 0.25) is 0 Å². The van der Waals surface area contributed by atoms with E-state index in [0.717, 1.165) is 0 Å². The van der Waals surface area contributed by atoms with Crippen molar-refractivity contribution >= 4 is 0 Å². The van der Waals surface area contributed by atoms with E-state index in [1.54, 1.807) is 12.0 Å². The van der Waals surface area contributed by atoms with E-state index >= 15 is 0 Å². The Morgan fingerprint density at radius 2 is 1.61 bits per heavy atom. The summed E-state index contributed by atoms with van der Waals surface area (Å²) >= 11 is 0. The largest absolute Gasteiger partial charge is 0.382 e. The second-order valence-corrected chi connectivity index (χ2v) is 3.70. The van der Waals surface area contributed by atoms with Gasteiger partial charge in [-0.05, 0) is 0 Å². The lowest BCUT2D eigenvalue weighted by Gasteiger charge is -2.20. The second kappa shape index (κ2) is 13.1. The SMILES string of the molecule is COCCOCCOCCN(CCN)CC(F)F. The summed E-state index contributed by atoms with van der Waals surface area (Å²) in [5.74, 6) is 0. The van der Waals surface area contributed by atoms with E-state index in [1.807, 2.05) is 0 Å². The summed E-state index contributed by atoms with van der Waals surface area (Å²) in [6.45, 7) is 3.45. The molecule has 2 N–H and O–H groups in total. The summed E-state index contributed by atoms with van der Waals surface area (Å²) < 4.78 is 39.7. The molecule has 0 aromatic rings. The highest BCUT2D eigenvalue weighted by molar-refractivity contribution is 4.59. The molecule has 110 valence electrons. The molecule has 0 saturated carbocycles. The topological polar surface area (TPSA) is 57.0 Å². The zero-order valence-electron chi connectivity index (χ0n) is 10.9. The van der Waals surface area contributed by atoms with Gasteiger partial charge < -0.3 is 19.9 Å². The monoisotopic (exact) mass is 270 g/mol. The predicted octanol–water partition coefficient (Wildman–Crippen LogP) is 0.192. The van der Waals surface area contributed by atoms with Crippen LogP contribution in [-0.4, -0.2) is 77.6 Å². The van der Waals surface area contributed by atoms with Gasteiger partial charge in [0.1, 0.15) is 0 Å². The number of halogens is 2. The minimum absolute atomic E-state index is 0.259. The molecule has 0 spiro atoms. The summed E-state index contributed by atoms with van der Waals surface area (Å²) in [5.41, 5.74) is 5.34. The van der Waals surface area contributed by atoms with E-state index in [0.29, 0.717) is 52.7 Å². The van der Waals surface area contributed by atoms with Crippen LogP contribution in [-0.2, 0) is 14.2 Å². The molecular weight excluding hydrogens is 246 g/mol. The first-order valence-electron chi connectivity index (χ1n) is 6.05. The maximum Gasteiger partial charge on any atom is 0.251 e. The third-order valence-electron chi connectivity index (χ3n) is 2.20. The van der Waals surface area contributed by atoms with Crippen LogP contribution in [0.25, 0.3) is 0 Å². The molecule has 0 aliphatic carbocycles. The first kappa shape index (κ1) is 17.7. The van der Waals surface area contributed by atoms with Gasteiger partial charge in [0.25, 0.3) is 6.43 Å². The lowest BCUT2D eigenvalue weighted by atomic mass is 10.4. The zero-order valence-corrected chi connectivity index (χ0v) is 10.9. The van der Waals surface area contributed by atoms with Gasteiger partial charge in [0.05, 0.1) is 39.6 Å². The Hall–Kier alpha value is -0.340. The number of nitrogens with zero attached hydrogens (tertiary/aromatic N) is 1. The van der Waals surface area contributed by atoms with Crippen molar-refractivity contribution in [3.8, 4) is 0 Å². The Morgan fingerprint density at radius 1 is 1.00 bits per heavy atom. The molecule has 5 nitrogen and oxygen atoms in total. The van der Waals surface area contributed by atoms with Crippen LogP contribution in [0.4, 0.5) is 8.78 Å². The average molecular weight is 270 g/mol. The van der Waals surface area contributed by atoms with Crippen LogP contribution in [0.3, 0.4) is 0 Å². The minimum atomic E-state index is -2.34.